The molecule has 1 fully saturated rings. The summed E-state index contributed by atoms with van der Waals surface area (Å²) in [6.45, 7) is 19.9. The Labute approximate surface area is 167 Å². The van der Waals surface area contributed by atoms with E-state index in [-0.39, 0.29) is 0 Å². The van der Waals surface area contributed by atoms with Crippen molar-refractivity contribution in [2.45, 2.75) is 126 Å². The highest BCUT2D eigenvalue weighted by Gasteiger charge is 2.38. The average molecular weight is 365 g/mol. The fourth-order valence-corrected chi connectivity index (χ4v) is 5.50. The molecular weight excluding hydrogens is 312 g/mol. The maximum absolute atomic E-state index is 2.62. The normalized spacial score (nSPS) is 34.5. The fraction of sp³-hybridized carbons (Fsp3) is 1.00. The molecule has 0 aromatic carbocycles. The molecule has 0 aromatic heterocycles. The lowest BCUT2D eigenvalue weighted by Gasteiger charge is -2.45. The number of hydrogen-bond acceptors (Lipinski definition) is 0. The smallest absolute Gasteiger partial charge is 0.0298 e. The summed E-state index contributed by atoms with van der Waals surface area (Å²) in [5, 5.41) is 0. The lowest BCUT2D eigenvalue weighted by atomic mass is 9.60. The summed E-state index contributed by atoms with van der Waals surface area (Å²) in [6.07, 6.45) is 15.9. The van der Waals surface area contributed by atoms with Crippen LogP contribution in [0.3, 0.4) is 0 Å². The van der Waals surface area contributed by atoms with E-state index < -0.39 is 0 Å². The number of hydrogen-bond donors (Lipinski definition) is 0. The first-order valence-electron chi connectivity index (χ1n) is 12.2. The largest absolute Gasteiger partial charge is 0.0628 e. The van der Waals surface area contributed by atoms with Gasteiger partial charge in [-0.2, -0.15) is 0 Å². The van der Waals surface area contributed by atoms with Gasteiger partial charge in [-0.3, -0.25) is 0 Å². The van der Waals surface area contributed by atoms with Crippen molar-refractivity contribution in [2.75, 3.05) is 0 Å². The zero-order valence-electron chi connectivity index (χ0n) is 19.7. The van der Waals surface area contributed by atoms with Crippen molar-refractivity contribution in [3.63, 3.8) is 0 Å². The third-order valence-corrected chi connectivity index (χ3v) is 8.45. The quantitative estimate of drug-likeness (QED) is 0.339. The highest BCUT2D eigenvalue weighted by molar-refractivity contribution is 4.88. The molecule has 0 radical (unpaired) electrons. The Morgan fingerprint density at radius 2 is 1.42 bits per heavy atom. The Hall–Kier alpha value is 0. The van der Waals surface area contributed by atoms with Gasteiger partial charge in [-0.1, -0.05) is 113 Å². The van der Waals surface area contributed by atoms with Gasteiger partial charge in [-0.15, -0.1) is 0 Å². The van der Waals surface area contributed by atoms with Gasteiger partial charge in [0.25, 0.3) is 0 Å². The maximum Gasteiger partial charge on any atom is -0.0298 e. The Morgan fingerprint density at radius 1 is 0.808 bits per heavy atom. The van der Waals surface area contributed by atoms with Crippen molar-refractivity contribution in [3.05, 3.63) is 0 Å². The molecule has 0 aliphatic heterocycles. The summed E-state index contributed by atoms with van der Waals surface area (Å²) in [5.41, 5.74) is 0.574. The summed E-state index contributed by atoms with van der Waals surface area (Å²) in [7, 11) is 0. The Bertz CT molecular complexity index is 357. The molecule has 26 heavy (non-hydrogen) atoms. The second-order valence-electron chi connectivity index (χ2n) is 11.1. The zero-order valence-corrected chi connectivity index (χ0v) is 19.7. The molecule has 1 aliphatic carbocycles. The Balaban J connectivity index is 2.35. The molecule has 0 aromatic rings. The van der Waals surface area contributed by atoms with Gasteiger partial charge in [-0.05, 0) is 53.8 Å². The molecule has 0 N–H and O–H groups in total. The molecule has 1 aliphatic rings. The van der Waals surface area contributed by atoms with E-state index in [0.29, 0.717) is 5.41 Å². The molecule has 1 saturated carbocycles. The molecule has 0 bridgehead atoms. The molecule has 0 saturated heterocycles. The predicted molar refractivity (Wildman–Crippen MR) is 120 cm³/mol. The van der Waals surface area contributed by atoms with Crippen LogP contribution in [0.2, 0.25) is 0 Å². The van der Waals surface area contributed by atoms with Gasteiger partial charge in [0.05, 0.1) is 0 Å². The van der Waals surface area contributed by atoms with Crippen LogP contribution in [0.1, 0.15) is 126 Å². The monoisotopic (exact) mass is 364 g/mol. The summed E-state index contributed by atoms with van der Waals surface area (Å²) >= 11 is 0. The Morgan fingerprint density at radius 3 is 2.08 bits per heavy atom. The van der Waals surface area contributed by atoms with E-state index in [1.165, 1.54) is 70.6 Å². The van der Waals surface area contributed by atoms with Crippen LogP contribution < -0.4 is 0 Å². The van der Waals surface area contributed by atoms with Crippen molar-refractivity contribution in [2.24, 2.45) is 40.9 Å². The van der Waals surface area contributed by atoms with Gasteiger partial charge >= 0.3 is 0 Å². The van der Waals surface area contributed by atoms with Crippen LogP contribution in [0.25, 0.3) is 0 Å². The van der Waals surface area contributed by atoms with Gasteiger partial charge in [-0.25, -0.2) is 0 Å². The number of unbranched alkanes of at least 4 members (excludes halogenated alkanes) is 2. The summed E-state index contributed by atoms with van der Waals surface area (Å²) in [4.78, 5) is 0. The first-order chi connectivity index (χ1) is 12.2. The molecule has 0 heteroatoms. The van der Waals surface area contributed by atoms with Crippen molar-refractivity contribution >= 4 is 0 Å². The second-order valence-corrected chi connectivity index (χ2v) is 11.1. The van der Waals surface area contributed by atoms with Gasteiger partial charge in [0, 0.05) is 0 Å². The van der Waals surface area contributed by atoms with Gasteiger partial charge in [0.1, 0.15) is 0 Å². The van der Waals surface area contributed by atoms with E-state index in [4.69, 9.17) is 0 Å². The van der Waals surface area contributed by atoms with E-state index in [1.54, 1.807) is 0 Å². The van der Waals surface area contributed by atoms with Gasteiger partial charge in [0.15, 0.2) is 0 Å². The van der Waals surface area contributed by atoms with Crippen LogP contribution in [0.4, 0.5) is 0 Å². The highest BCUT2D eigenvalue weighted by Crippen LogP contribution is 2.47. The topological polar surface area (TPSA) is 0 Å². The van der Waals surface area contributed by atoms with Crippen LogP contribution in [0, 0.1) is 40.9 Å². The van der Waals surface area contributed by atoms with Gasteiger partial charge in [0.2, 0.25) is 0 Å². The molecule has 0 heterocycles. The lowest BCUT2D eigenvalue weighted by molar-refractivity contribution is 0.0470. The van der Waals surface area contributed by atoms with Crippen molar-refractivity contribution in [3.8, 4) is 0 Å². The van der Waals surface area contributed by atoms with E-state index in [2.05, 4.69) is 55.4 Å². The summed E-state index contributed by atoms with van der Waals surface area (Å²) in [5.74, 6) is 5.34. The predicted octanol–water partition coefficient (Wildman–Crippen LogP) is 9.13. The third kappa shape index (κ3) is 7.93. The minimum atomic E-state index is 0.574. The van der Waals surface area contributed by atoms with E-state index in [0.717, 1.165) is 35.5 Å². The minimum Gasteiger partial charge on any atom is -0.0628 e. The molecule has 156 valence electrons. The summed E-state index contributed by atoms with van der Waals surface area (Å²) in [6, 6.07) is 0. The summed E-state index contributed by atoms with van der Waals surface area (Å²) < 4.78 is 0. The minimum absolute atomic E-state index is 0.574. The van der Waals surface area contributed by atoms with Crippen LogP contribution >= 0.6 is 0 Å². The lowest BCUT2D eigenvalue weighted by Crippen LogP contribution is -2.36. The second kappa shape index (κ2) is 11.8. The fourth-order valence-electron chi connectivity index (χ4n) is 5.50. The zero-order chi connectivity index (χ0) is 19.7. The van der Waals surface area contributed by atoms with Crippen molar-refractivity contribution in [1.82, 2.24) is 0 Å². The molecule has 1 rings (SSSR count). The van der Waals surface area contributed by atoms with Crippen molar-refractivity contribution < 1.29 is 0 Å². The average Bonchev–Trinajstić information content (AvgIpc) is 2.58. The van der Waals surface area contributed by atoms with Gasteiger partial charge < -0.3 is 0 Å². The molecule has 0 spiro atoms. The highest BCUT2D eigenvalue weighted by atomic mass is 14.4. The standard InChI is InChI=1S/C26H52/c1-20(2)14-10-9-11-15-21(3)16-12-18-26(8)19-13-17-22(4)23(5)24(6)25(26)7/h20-25H,9-19H2,1-8H3. The van der Waals surface area contributed by atoms with E-state index >= 15 is 0 Å². The van der Waals surface area contributed by atoms with Crippen LogP contribution in [0.5, 0.6) is 0 Å². The SMILES string of the molecule is CC(C)CCCCCC(C)CCCC1(C)CCCC(C)C(C)C(C)C1C. The maximum atomic E-state index is 2.62. The van der Waals surface area contributed by atoms with Crippen molar-refractivity contribution in [1.29, 1.82) is 0 Å². The first-order valence-corrected chi connectivity index (χ1v) is 12.2. The third-order valence-electron chi connectivity index (χ3n) is 8.45. The molecule has 6 unspecified atom stereocenters. The van der Waals surface area contributed by atoms with Crippen LogP contribution in [-0.2, 0) is 0 Å². The molecule has 0 amide bonds. The van der Waals surface area contributed by atoms with Crippen LogP contribution in [-0.4, -0.2) is 0 Å². The van der Waals surface area contributed by atoms with Crippen LogP contribution in [0.15, 0.2) is 0 Å². The Kier molecular flexibility index (Phi) is 10.9. The molecule has 0 nitrogen and oxygen atoms in total. The first kappa shape index (κ1) is 24.0. The molecular formula is C26H52. The molecule has 6 atom stereocenters. The van der Waals surface area contributed by atoms with E-state index in [1.807, 2.05) is 0 Å². The number of rotatable bonds is 10. The van der Waals surface area contributed by atoms with E-state index in [9.17, 15) is 0 Å².